The van der Waals surface area contributed by atoms with E-state index in [1.54, 1.807) is 6.07 Å². The van der Waals surface area contributed by atoms with Gasteiger partial charge in [-0.3, -0.25) is 4.68 Å². The Morgan fingerprint density at radius 2 is 2.26 bits per heavy atom. The number of hydrogen-bond acceptors (Lipinski definition) is 5. The Bertz CT molecular complexity index is 531. The Kier molecular flexibility index (Phi) is 4.22. The Balaban J connectivity index is 2.04. The third-order valence-electron chi connectivity index (χ3n) is 2.16. The lowest BCUT2D eigenvalue weighted by molar-refractivity contribution is 0.122. The molecular formula is C11H13F2N5O. The fourth-order valence-electron chi connectivity index (χ4n) is 1.45. The van der Waals surface area contributed by atoms with Crippen LogP contribution in [0.2, 0.25) is 0 Å². The molecule has 0 fully saturated rings. The molecule has 8 heteroatoms. The molecule has 0 radical (unpaired) electrons. The van der Waals surface area contributed by atoms with Gasteiger partial charge in [0, 0.05) is 12.3 Å². The van der Waals surface area contributed by atoms with E-state index in [0.717, 1.165) is 4.68 Å². The predicted octanol–water partition coefficient (Wildman–Crippen LogP) is 2.08. The molecule has 0 saturated heterocycles. The molecule has 2 rings (SSSR count). The highest BCUT2D eigenvalue weighted by Crippen LogP contribution is 2.16. The standard InChI is InChI=1S/C11H13F2N5O/c1-2-19-11-3-10(14-7-15-11)17-8-4-16-18(5-8)6-9(12)13/h3-5,7,9H,2,6H2,1H3,(H,14,15,17). The maximum Gasteiger partial charge on any atom is 0.257 e. The van der Waals surface area contributed by atoms with Gasteiger partial charge in [0.1, 0.15) is 18.7 Å². The topological polar surface area (TPSA) is 64.9 Å². The summed E-state index contributed by atoms with van der Waals surface area (Å²) in [5.74, 6) is 0.954. The van der Waals surface area contributed by atoms with Crippen molar-refractivity contribution in [3.05, 3.63) is 24.8 Å². The lowest BCUT2D eigenvalue weighted by Crippen LogP contribution is -2.06. The number of hydrogen-bond donors (Lipinski definition) is 1. The normalized spacial score (nSPS) is 10.7. The first-order chi connectivity index (χ1) is 9.17. The SMILES string of the molecule is CCOc1cc(Nc2cnn(CC(F)F)c2)ncn1. The number of nitrogens with zero attached hydrogens (tertiary/aromatic N) is 4. The van der Waals surface area contributed by atoms with Crippen LogP contribution in [0.4, 0.5) is 20.3 Å². The van der Waals surface area contributed by atoms with Crippen molar-refractivity contribution >= 4 is 11.5 Å². The summed E-state index contributed by atoms with van der Waals surface area (Å²) in [6.45, 7) is 1.92. The maximum atomic E-state index is 12.2. The van der Waals surface area contributed by atoms with Crippen molar-refractivity contribution in [1.29, 1.82) is 0 Å². The summed E-state index contributed by atoms with van der Waals surface area (Å²) >= 11 is 0. The minimum Gasteiger partial charge on any atom is -0.478 e. The molecule has 0 unspecified atom stereocenters. The van der Waals surface area contributed by atoms with E-state index >= 15 is 0 Å². The zero-order valence-electron chi connectivity index (χ0n) is 10.3. The molecule has 102 valence electrons. The van der Waals surface area contributed by atoms with E-state index in [-0.39, 0.29) is 0 Å². The summed E-state index contributed by atoms with van der Waals surface area (Å²) in [6.07, 6.45) is 1.85. The van der Waals surface area contributed by atoms with Crippen molar-refractivity contribution < 1.29 is 13.5 Å². The van der Waals surface area contributed by atoms with Crippen molar-refractivity contribution in [3.63, 3.8) is 0 Å². The highest BCUT2D eigenvalue weighted by Gasteiger charge is 2.06. The van der Waals surface area contributed by atoms with E-state index in [4.69, 9.17) is 4.74 Å². The lowest BCUT2D eigenvalue weighted by atomic mass is 10.5. The van der Waals surface area contributed by atoms with Gasteiger partial charge in [-0.1, -0.05) is 0 Å². The van der Waals surface area contributed by atoms with Gasteiger partial charge >= 0.3 is 0 Å². The number of rotatable bonds is 6. The summed E-state index contributed by atoms with van der Waals surface area (Å²) in [7, 11) is 0. The summed E-state index contributed by atoms with van der Waals surface area (Å²) in [5, 5.41) is 6.75. The maximum absolute atomic E-state index is 12.2. The number of aromatic nitrogens is 4. The molecule has 0 spiro atoms. The molecule has 0 aliphatic carbocycles. The van der Waals surface area contributed by atoms with Gasteiger partial charge in [-0.15, -0.1) is 0 Å². The molecule has 0 aliphatic heterocycles. The summed E-state index contributed by atoms with van der Waals surface area (Å²) in [5.41, 5.74) is 0.571. The molecule has 0 aliphatic rings. The quantitative estimate of drug-likeness (QED) is 0.869. The highest BCUT2D eigenvalue weighted by atomic mass is 19.3. The van der Waals surface area contributed by atoms with Crippen LogP contribution in [0.5, 0.6) is 5.88 Å². The van der Waals surface area contributed by atoms with Crippen molar-refractivity contribution in [2.75, 3.05) is 11.9 Å². The lowest BCUT2D eigenvalue weighted by Gasteiger charge is -2.05. The van der Waals surface area contributed by atoms with Gasteiger partial charge in [0.25, 0.3) is 6.43 Å². The first kappa shape index (κ1) is 13.2. The average molecular weight is 269 g/mol. The van der Waals surface area contributed by atoms with Crippen LogP contribution in [0.15, 0.2) is 24.8 Å². The number of anilines is 2. The highest BCUT2D eigenvalue weighted by molar-refractivity contribution is 5.54. The Labute approximate surface area is 108 Å². The first-order valence-corrected chi connectivity index (χ1v) is 5.70. The largest absolute Gasteiger partial charge is 0.478 e. The van der Waals surface area contributed by atoms with Crippen LogP contribution in [0.25, 0.3) is 0 Å². The first-order valence-electron chi connectivity index (χ1n) is 5.70. The fraction of sp³-hybridized carbons (Fsp3) is 0.364. The van der Waals surface area contributed by atoms with Crippen LogP contribution in [0.1, 0.15) is 6.92 Å². The average Bonchev–Trinajstić information content (AvgIpc) is 2.76. The number of alkyl halides is 2. The van der Waals surface area contributed by atoms with Gasteiger partial charge in [0.05, 0.1) is 18.5 Å². The van der Waals surface area contributed by atoms with Gasteiger partial charge in [0.15, 0.2) is 0 Å². The van der Waals surface area contributed by atoms with E-state index in [1.165, 1.54) is 18.7 Å². The monoisotopic (exact) mass is 269 g/mol. The van der Waals surface area contributed by atoms with Crippen LogP contribution in [0, 0.1) is 0 Å². The third-order valence-corrected chi connectivity index (χ3v) is 2.16. The minimum absolute atomic E-state index is 0.435. The van der Waals surface area contributed by atoms with Crippen LogP contribution in [0.3, 0.4) is 0 Å². The van der Waals surface area contributed by atoms with Gasteiger partial charge in [-0.2, -0.15) is 5.10 Å². The Hall–Kier alpha value is -2.25. The zero-order chi connectivity index (χ0) is 13.7. The van der Waals surface area contributed by atoms with E-state index in [0.29, 0.717) is 24.0 Å². The smallest absolute Gasteiger partial charge is 0.257 e. The molecule has 1 N–H and O–H groups in total. The summed E-state index contributed by atoms with van der Waals surface area (Å²) in [4.78, 5) is 7.92. The molecule has 0 aromatic carbocycles. The van der Waals surface area contributed by atoms with E-state index in [2.05, 4.69) is 20.4 Å². The molecular weight excluding hydrogens is 256 g/mol. The van der Waals surface area contributed by atoms with E-state index in [1.807, 2.05) is 6.92 Å². The predicted molar refractivity (Wildman–Crippen MR) is 64.7 cm³/mol. The van der Waals surface area contributed by atoms with Gasteiger partial charge in [-0.25, -0.2) is 18.7 Å². The molecule has 2 aromatic rings. The molecule has 19 heavy (non-hydrogen) atoms. The van der Waals surface area contributed by atoms with Gasteiger partial charge in [-0.05, 0) is 6.92 Å². The minimum atomic E-state index is -2.43. The number of halogens is 2. The van der Waals surface area contributed by atoms with E-state index in [9.17, 15) is 8.78 Å². The van der Waals surface area contributed by atoms with E-state index < -0.39 is 13.0 Å². The molecule has 0 saturated carbocycles. The molecule has 6 nitrogen and oxygen atoms in total. The second-order valence-electron chi connectivity index (χ2n) is 3.64. The summed E-state index contributed by atoms with van der Waals surface area (Å²) < 4.78 is 30.7. The molecule has 0 atom stereocenters. The van der Waals surface area contributed by atoms with Crippen LogP contribution in [-0.2, 0) is 6.54 Å². The van der Waals surface area contributed by atoms with Crippen LogP contribution in [-0.4, -0.2) is 32.8 Å². The molecule has 2 heterocycles. The third kappa shape index (κ3) is 3.87. The number of ether oxygens (including phenoxy) is 1. The van der Waals surface area contributed by atoms with Gasteiger partial charge in [0.2, 0.25) is 5.88 Å². The van der Waals surface area contributed by atoms with Crippen molar-refractivity contribution in [2.45, 2.75) is 19.9 Å². The molecule has 0 bridgehead atoms. The van der Waals surface area contributed by atoms with Crippen molar-refractivity contribution in [3.8, 4) is 5.88 Å². The summed E-state index contributed by atoms with van der Waals surface area (Å²) in [6, 6.07) is 1.62. The Morgan fingerprint density at radius 3 is 3.00 bits per heavy atom. The van der Waals surface area contributed by atoms with Crippen LogP contribution < -0.4 is 10.1 Å². The second kappa shape index (κ2) is 6.07. The van der Waals surface area contributed by atoms with Gasteiger partial charge < -0.3 is 10.1 Å². The number of nitrogens with one attached hydrogen (secondary N) is 1. The second-order valence-corrected chi connectivity index (χ2v) is 3.64. The molecule has 0 amide bonds. The fourth-order valence-corrected chi connectivity index (χ4v) is 1.45. The molecule has 2 aromatic heterocycles. The Morgan fingerprint density at radius 1 is 1.42 bits per heavy atom. The van der Waals surface area contributed by atoms with Crippen molar-refractivity contribution in [2.24, 2.45) is 0 Å². The van der Waals surface area contributed by atoms with Crippen molar-refractivity contribution in [1.82, 2.24) is 19.7 Å². The zero-order valence-corrected chi connectivity index (χ0v) is 10.3. The van der Waals surface area contributed by atoms with Crippen LogP contribution >= 0.6 is 0 Å².